The zero-order chi connectivity index (χ0) is 15.5. The number of aryl methyl sites for hydroxylation is 1. The fourth-order valence-electron chi connectivity index (χ4n) is 2.48. The first-order valence-electron chi connectivity index (χ1n) is 7.03. The molecule has 0 bridgehead atoms. The Morgan fingerprint density at radius 1 is 1.14 bits per heavy atom. The summed E-state index contributed by atoms with van der Waals surface area (Å²) < 4.78 is 7.31. The lowest BCUT2D eigenvalue weighted by Gasteiger charge is -2.09. The third kappa shape index (κ3) is 2.53. The molecular weight excluding hydrogens is 280 g/mol. The summed E-state index contributed by atoms with van der Waals surface area (Å²) in [6, 6.07) is 15.0. The Bertz CT molecular complexity index is 807. The number of rotatable bonds is 5. The Labute approximate surface area is 127 Å². The zero-order valence-electron chi connectivity index (χ0n) is 12.2. The monoisotopic (exact) mass is 296 g/mol. The van der Waals surface area contributed by atoms with Gasteiger partial charge in [0.2, 0.25) is 5.88 Å². The molecule has 0 saturated carbocycles. The Morgan fingerprint density at radius 2 is 1.86 bits per heavy atom. The quantitative estimate of drug-likeness (QED) is 0.720. The second-order valence-corrected chi connectivity index (χ2v) is 5.09. The summed E-state index contributed by atoms with van der Waals surface area (Å²) in [5.74, 6) is 0.652. The molecule has 0 spiro atoms. The van der Waals surface area contributed by atoms with Gasteiger partial charge < -0.3 is 14.4 Å². The van der Waals surface area contributed by atoms with Crippen LogP contribution in [0.1, 0.15) is 5.56 Å². The van der Waals surface area contributed by atoms with Crippen molar-refractivity contribution in [1.82, 2.24) is 4.57 Å². The Kier molecular flexibility index (Phi) is 3.78. The van der Waals surface area contributed by atoms with Gasteiger partial charge in [0.15, 0.2) is 5.69 Å². The first-order valence-corrected chi connectivity index (χ1v) is 7.03. The highest BCUT2D eigenvalue weighted by Gasteiger charge is 2.16. The van der Waals surface area contributed by atoms with Crippen molar-refractivity contribution in [3.63, 3.8) is 0 Å². The zero-order valence-corrected chi connectivity index (χ0v) is 12.2. The first kappa shape index (κ1) is 14.1. The van der Waals surface area contributed by atoms with Gasteiger partial charge in [-0.3, -0.25) is 0 Å². The van der Waals surface area contributed by atoms with Crippen LogP contribution in [0.4, 0.5) is 5.69 Å². The van der Waals surface area contributed by atoms with Crippen molar-refractivity contribution in [3.05, 3.63) is 59.0 Å². The third-order valence-corrected chi connectivity index (χ3v) is 3.61. The minimum Gasteiger partial charge on any atom is -0.493 e. The van der Waals surface area contributed by atoms with Crippen molar-refractivity contribution in [1.29, 1.82) is 0 Å². The molecule has 1 N–H and O–H groups in total. The van der Waals surface area contributed by atoms with E-state index in [0.717, 1.165) is 11.3 Å². The fraction of sp³-hybridized carbons (Fsp3) is 0.176. The lowest BCUT2D eigenvalue weighted by Crippen LogP contribution is -2.07. The van der Waals surface area contributed by atoms with Gasteiger partial charge >= 0.3 is 0 Å². The standard InChI is InChI=1S/C17H16N2O3/c1-12-6-8-13(9-7-12)22-11-10-19-15-5-3-2-4-14(15)16(18-21)17(19)20/h2-9,20H,10-11H2,1H3. The number of aromatic nitrogens is 1. The van der Waals surface area contributed by atoms with Gasteiger partial charge in [-0.2, -0.15) is 0 Å². The van der Waals surface area contributed by atoms with Crippen molar-refractivity contribution in [3.8, 4) is 11.6 Å². The Hall–Kier alpha value is -2.82. The molecule has 1 heterocycles. The van der Waals surface area contributed by atoms with Gasteiger partial charge in [0.05, 0.1) is 12.1 Å². The maximum absolute atomic E-state index is 10.9. The van der Waals surface area contributed by atoms with Crippen LogP contribution in [-0.4, -0.2) is 16.3 Å². The second kappa shape index (κ2) is 5.89. The highest BCUT2D eigenvalue weighted by molar-refractivity contribution is 5.95. The highest BCUT2D eigenvalue weighted by Crippen LogP contribution is 2.38. The molecular formula is C17H16N2O3. The molecule has 2 aromatic carbocycles. The van der Waals surface area contributed by atoms with E-state index in [-0.39, 0.29) is 11.6 Å². The summed E-state index contributed by atoms with van der Waals surface area (Å²) in [6.45, 7) is 2.82. The average molecular weight is 296 g/mol. The molecule has 0 aliphatic rings. The summed E-state index contributed by atoms with van der Waals surface area (Å²) >= 11 is 0. The van der Waals surface area contributed by atoms with E-state index >= 15 is 0 Å². The molecule has 112 valence electrons. The summed E-state index contributed by atoms with van der Waals surface area (Å²) in [5, 5.41) is 13.7. The van der Waals surface area contributed by atoms with Crippen molar-refractivity contribution < 1.29 is 9.84 Å². The van der Waals surface area contributed by atoms with Gasteiger partial charge in [-0.1, -0.05) is 35.9 Å². The predicted molar refractivity (Wildman–Crippen MR) is 85.7 cm³/mol. The van der Waals surface area contributed by atoms with Crippen molar-refractivity contribution >= 4 is 16.6 Å². The van der Waals surface area contributed by atoms with E-state index in [4.69, 9.17) is 4.74 Å². The topological polar surface area (TPSA) is 63.8 Å². The molecule has 5 heteroatoms. The van der Waals surface area contributed by atoms with Crippen molar-refractivity contribution in [2.45, 2.75) is 13.5 Å². The summed E-state index contributed by atoms with van der Waals surface area (Å²) in [7, 11) is 0. The number of ether oxygens (including phenoxy) is 1. The number of nitroso groups, excluding NO2 is 1. The molecule has 0 amide bonds. The van der Waals surface area contributed by atoms with E-state index in [0.29, 0.717) is 18.5 Å². The van der Waals surface area contributed by atoms with Crippen LogP contribution in [0.25, 0.3) is 10.9 Å². The minimum absolute atomic E-state index is 0.0749. The molecule has 1 aromatic heterocycles. The highest BCUT2D eigenvalue weighted by atomic mass is 16.5. The largest absolute Gasteiger partial charge is 0.493 e. The van der Waals surface area contributed by atoms with Crippen molar-refractivity contribution in [2.75, 3.05) is 6.61 Å². The minimum atomic E-state index is -0.122. The molecule has 22 heavy (non-hydrogen) atoms. The van der Waals surface area contributed by atoms with Crippen LogP contribution in [0.3, 0.4) is 0 Å². The van der Waals surface area contributed by atoms with Crippen LogP contribution in [0.5, 0.6) is 11.6 Å². The summed E-state index contributed by atoms with van der Waals surface area (Å²) in [6.07, 6.45) is 0. The number of hydrogen-bond acceptors (Lipinski definition) is 4. The summed E-state index contributed by atoms with van der Waals surface area (Å²) in [5.41, 5.74) is 2.01. The second-order valence-electron chi connectivity index (χ2n) is 5.09. The molecule has 5 nitrogen and oxygen atoms in total. The van der Waals surface area contributed by atoms with E-state index in [2.05, 4.69) is 5.18 Å². The number of nitrogens with zero attached hydrogens (tertiary/aromatic N) is 2. The van der Waals surface area contributed by atoms with Gasteiger partial charge in [-0.25, -0.2) is 0 Å². The van der Waals surface area contributed by atoms with E-state index in [9.17, 15) is 10.0 Å². The molecule has 0 fully saturated rings. The maximum Gasteiger partial charge on any atom is 0.222 e. The summed E-state index contributed by atoms with van der Waals surface area (Å²) in [4.78, 5) is 10.9. The Morgan fingerprint density at radius 3 is 2.59 bits per heavy atom. The van der Waals surface area contributed by atoms with Crippen LogP contribution in [0.15, 0.2) is 53.7 Å². The van der Waals surface area contributed by atoms with Crippen molar-refractivity contribution in [2.24, 2.45) is 5.18 Å². The number of hydrogen-bond donors (Lipinski definition) is 1. The first-order chi connectivity index (χ1) is 10.7. The van der Waals surface area contributed by atoms with Gasteiger partial charge in [-0.05, 0) is 30.3 Å². The molecule has 0 radical (unpaired) electrons. The molecule has 0 unspecified atom stereocenters. The van der Waals surface area contributed by atoms with Crippen LogP contribution >= 0.6 is 0 Å². The normalized spacial score (nSPS) is 10.8. The van der Waals surface area contributed by atoms with Gasteiger partial charge in [0.1, 0.15) is 12.4 Å². The van der Waals surface area contributed by atoms with Gasteiger partial charge in [0, 0.05) is 5.39 Å². The molecule has 3 aromatic rings. The molecule has 3 rings (SSSR count). The molecule has 0 aliphatic heterocycles. The van der Waals surface area contributed by atoms with Crippen LogP contribution in [-0.2, 0) is 6.54 Å². The van der Waals surface area contributed by atoms with Gasteiger partial charge in [0.25, 0.3) is 0 Å². The maximum atomic E-state index is 10.9. The fourth-order valence-corrected chi connectivity index (χ4v) is 2.48. The third-order valence-electron chi connectivity index (χ3n) is 3.61. The number of fused-ring (bicyclic) bond motifs is 1. The van der Waals surface area contributed by atoms with E-state index < -0.39 is 0 Å². The van der Waals surface area contributed by atoms with Gasteiger partial charge in [-0.15, -0.1) is 4.91 Å². The molecule has 0 aliphatic carbocycles. The van der Waals surface area contributed by atoms with Crippen LogP contribution in [0.2, 0.25) is 0 Å². The molecule has 0 atom stereocenters. The van der Waals surface area contributed by atoms with Crippen LogP contribution in [0, 0.1) is 11.8 Å². The smallest absolute Gasteiger partial charge is 0.222 e. The average Bonchev–Trinajstić information content (AvgIpc) is 2.81. The predicted octanol–water partition coefficient (Wildman–Crippen LogP) is 4.13. The lowest BCUT2D eigenvalue weighted by molar-refractivity contribution is 0.290. The lowest BCUT2D eigenvalue weighted by atomic mass is 10.2. The molecule has 0 saturated heterocycles. The van der Waals surface area contributed by atoms with E-state index in [1.807, 2.05) is 49.4 Å². The van der Waals surface area contributed by atoms with Crippen LogP contribution < -0.4 is 4.74 Å². The number of para-hydroxylation sites is 1. The number of benzene rings is 2. The van der Waals surface area contributed by atoms with E-state index in [1.165, 1.54) is 5.56 Å². The van der Waals surface area contributed by atoms with E-state index in [1.54, 1.807) is 10.6 Å². The number of aromatic hydroxyl groups is 1. The Balaban J connectivity index is 1.80. The SMILES string of the molecule is Cc1ccc(OCCn2c(O)c(N=O)c3ccccc32)cc1.